The van der Waals surface area contributed by atoms with Crippen molar-refractivity contribution < 1.29 is 4.79 Å². The number of anilines is 1. The number of fused-ring (bicyclic) bond motifs is 1. The van der Waals surface area contributed by atoms with Crippen LogP contribution in [0.3, 0.4) is 0 Å². The van der Waals surface area contributed by atoms with Gasteiger partial charge in [0.15, 0.2) is 0 Å². The van der Waals surface area contributed by atoms with Crippen molar-refractivity contribution in [2.24, 2.45) is 0 Å². The number of carbonyl (C=O) groups excluding carboxylic acids is 1. The van der Waals surface area contributed by atoms with E-state index in [-0.39, 0.29) is 5.91 Å². The summed E-state index contributed by atoms with van der Waals surface area (Å²) in [5, 5.41) is 2.96. The lowest BCUT2D eigenvalue weighted by Crippen LogP contribution is -2.11. The monoisotopic (exact) mass is 341 g/mol. The molecule has 0 spiro atoms. The molecule has 4 nitrogen and oxygen atoms in total. The van der Waals surface area contributed by atoms with Gasteiger partial charge in [0.1, 0.15) is 5.82 Å². The van der Waals surface area contributed by atoms with Gasteiger partial charge in [0.2, 0.25) is 0 Å². The highest BCUT2D eigenvalue weighted by atomic mass is 16.1. The molecule has 128 valence electrons. The lowest BCUT2D eigenvalue weighted by Gasteiger charge is -2.07. The van der Waals surface area contributed by atoms with Crippen molar-refractivity contribution in [1.82, 2.24) is 9.97 Å². The van der Waals surface area contributed by atoms with Crippen molar-refractivity contribution in [2.75, 3.05) is 5.32 Å². The maximum atomic E-state index is 12.5. The van der Waals surface area contributed by atoms with E-state index in [1.54, 1.807) is 0 Å². The minimum atomic E-state index is -0.119. The molecular weight excluding hydrogens is 322 g/mol. The second kappa shape index (κ2) is 6.48. The molecule has 0 saturated heterocycles. The van der Waals surface area contributed by atoms with Gasteiger partial charge >= 0.3 is 0 Å². The Balaban J connectivity index is 1.62. The summed E-state index contributed by atoms with van der Waals surface area (Å²) in [5.41, 5.74) is 6.51. The lowest BCUT2D eigenvalue weighted by atomic mass is 10.1. The zero-order valence-corrected chi connectivity index (χ0v) is 14.7. The van der Waals surface area contributed by atoms with E-state index in [1.165, 1.54) is 5.56 Å². The molecule has 0 aliphatic carbocycles. The maximum absolute atomic E-state index is 12.5. The number of rotatable bonds is 3. The maximum Gasteiger partial charge on any atom is 0.255 e. The molecule has 4 rings (SSSR count). The Morgan fingerprint density at radius 3 is 2.58 bits per heavy atom. The Bertz CT molecular complexity index is 1110. The number of carbonyl (C=O) groups is 1. The van der Waals surface area contributed by atoms with Crippen LogP contribution >= 0.6 is 0 Å². The minimum absolute atomic E-state index is 0.119. The van der Waals surface area contributed by atoms with Crippen molar-refractivity contribution in [1.29, 1.82) is 0 Å². The molecule has 1 aromatic heterocycles. The van der Waals surface area contributed by atoms with Gasteiger partial charge in [-0.1, -0.05) is 35.9 Å². The zero-order chi connectivity index (χ0) is 18.1. The minimum Gasteiger partial charge on any atom is -0.338 e. The van der Waals surface area contributed by atoms with E-state index >= 15 is 0 Å². The van der Waals surface area contributed by atoms with Gasteiger partial charge in [-0.05, 0) is 55.8 Å². The fourth-order valence-electron chi connectivity index (χ4n) is 2.99. The van der Waals surface area contributed by atoms with E-state index in [0.29, 0.717) is 5.56 Å². The highest BCUT2D eigenvalue weighted by Gasteiger charge is 2.09. The number of aromatic amines is 1. The van der Waals surface area contributed by atoms with Gasteiger partial charge < -0.3 is 10.3 Å². The summed E-state index contributed by atoms with van der Waals surface area (Å²) < 4.78 is 0. The Kier molecular flexibility index (Phi) is 4.01. The Labute approximate surface area is 151 Å². The predicted molar refractivity (Wildman–Crippen MR) is 105 cm³/mol. The molecule has 0 unspecified atom stereocenters. The number of amides is 1. The molecule has 3 aromatic carbocycles. The van der Waals surface area contributed by atoms with Crippen molar-refractivity contribution >= 4 is 22.6 Å². The van der Waals surface area contributed by atoms with Crippen LogP contribution in [0.2, 0.25) is 0 Å². The fraction of sp³-hybridized carbons (Fsp3) is 0.0909. The topological polar surface area (TPSA) is 57.8 Å². The molecule has 4 aromatic rings. The summed E-state index contributed by atoms with van der Waals surface area (Å²) in [6, 6.07) is 21.4. The first-order valence-corrected chi connectivity index (χ1v) is 8.53. The normalized spacial score (nSPS) is 10.8. The van der Waals surface area contributed by atoms with Crippen LogP contribution in [0.4, 0.5) is 5.69 Å². The van der Waals surface area contributed by atoms with Gasteiger partial charge in [-0.25, -0.2) is 4.98 Å². The molecule has 4 heteroatoms. The third kappa shape index (κ3) is 3.22. The molecule has 0 bridgehead atoms. The van der Waals surface area contributed by atoms with Gasteiger partial charge in [0.05, 0.1) is 11.0 Å². The Morgan fingerprint density at radius 2 is 1.73 bits per heavy atom. The van der Waals surface area contributed by atoms with E-state index < -0.39 is 0 Å². The average molecular weight is 341 g/mol. The summed E-state index contributed by atoms with van der Waals surface area (Å²) in [6.07, 6.45) is 0. The van der Waals surface area contributed by atoms with Gasteiger partial charge in [-0.3, -0.25) is 4.79 Å². The lowest BCUT2D eigenvalue weighted by molar-refractivity contribution is 0.102. The van der Waals surface area contributed by atoms with E-state index in [4.69, 9.17) is 0 Å². The molecule has 0 fully saturated rings. The number of aryl methyl sites for hydroxylation is 2. The van der Waals surface area contributed by atoms with Crippen LogP contribution in [0.1, 0.15) is 21.5 Å². The van der Waals surface area contributed by atoms with Crippen molar-refractivity contribution in [3.8, 4) is 11.4 Å². The van der Waals surface area contributed by atoms with Crippen LogP contribution in [-0.2, 0) is 0 Å². The van der Waals surface area contributed by atoms with Gasteiger partial charge in [0, 0.05) is 16.8 Å². The molecular formula is C22H19N3O. The molecule has 0 atom stereocenters. The van der Waals surface area contributed by atoms with Gasteiger partial charge in [-0.15, -0.1) is 0 Å². The number of imidazole rings is 1. The smallest absolute Gasteiger partial charge is 0.255 e. The first-order valence-electron chi connectivity index (χ1n) is 8.53. The van der Waals surface area contributed by atoms with Crippen molar-refractivity contribution in [3.63, 3.8) is 0 Å². The largest absolute Gasteiger partial charge is 0.338 e. The van der Waals surface area contributed by atoms with Crippen LogP contribution < -0.4 is 5.32 Å². The van der Waals surface area contributed by atoms with Crippen LogP contribution in [0.25, 0.3) is 22.4 Å². The fourth-order valence-corrected chi connectivity index (χ4v) is 2.99. The number of aromatic nitrogens is 2. The van der Waals surface area contributed by atoms with E-state index in [1.807, 2.05) is 67.6 Å². The van der Waals surface area contributed by atoms with E-state index in [0.717, 1.165) is 33.7 Å². The summed E-state index contributed by atoms with van der Waals surface area (Å²) >= 11 is 0. The SMILES string of the molecule is Cc1cccc(C(=O)Nc2cccc(-c3nc4ccc(C)cc4[nH]3)c2)c1. The van der Waals surface area contributed by atoms with Crippen LogP contribution in [0, 0.1) is 13.8 Å². The number of H-pyrrole nitrogens is 1. The standard InChI is InChI=1S/C22H19N3O/c1-14-5-3-7-17(11-14)22(26)23-18-8-4-6-16(13-18)21-24-19-10-9-15(2)12-20(19)25-21/h3-13H,1-2H3,(H,23,26)(H,24,25). The van der Waals surface area contributed by atoms with Crippen molar-refractivity contribution in [3.05, 3.63) is 83.4 Å². The second-order valence-electron chi connectivity index (χ2n) is 6.51. The molecule has 26 heavy (non-hydrogen) atoms. The molecule has 0 saturated carbocycles. The first kappa shape index (κ1) is 16.1. The van der Waals surface area contributed by atoms with Gasteiger partial charge in [-0.2, -0.15) is 0 Å². The average Bonchev–Trinajstić information content (AvgIpc) is 3.05. The highest BCUT2D eigenvalue weighted by Crippen LogP contribution is 2.24. The van der Waals surface area contributed by atoms with Crippen LogP contribution in [-0.4, -0.2) is 15.9 Å². The van der Waals surface area contributed by atoms with Gasteiger partial charge in [0.25, 0.3) is 5.91 Å². The summed E-state index contributed by atoms with van der Waals surface area (Å²) in [4.78, 5) is 20.5. The first-order chi connectivity index (χ1) is 12.6. The zero-order valence-electron chi connectivity index (χ0n) is 14.7. The van der Waals surface area contributed by atoms with Crippen molar-refractivity contribution in [2.45, 2.75) is 13.8 Å². The Morgan fingerprint density at radius 1 is 0.923 bits per heavy atom. The third-order valence-corrected chi connectivity index (χ3v) is 4.31. The third-order valence-electron chi connectivity index (χ3n) is 4.31. The number of nitrogens with zero attached hydrogens (tertiary/aromatic N) is 1. The van der Waals surface area contributed by atoms with E-state index in [2.05, 4.69) is 28.3 Å². The molecule has 2 N–H and O–H groups in total. The van der Waals surface area contributed by atoms with E-state index in [9.17, 15) is 4.79 Å². The van der Waals surface area contributed by atoms with Crippen LogP contribution in [0.15, 0.2) is 66.7 Å². The summed E-state index contributed by atoms with van der Waals surface area (Å²) in [6.45, 7) is 4.03. The summed E-state index contributed by atoms with van der Waals surface area (Å²) in [5.74, 6) is 0.670. The second-order valence-corrected chi connectivity index (χ2v) is 6.51. The number of hydrogen-bond acceptors (Lipinski definition) is 2. The predicted octanol–water partition coefficient (Wildman–Crippen LogP) is 5.10. The summed E-state index contributed by atoms with van der Waals surface area (Å²) in [7, 11) is 0. The number of nitrogens with one attached hydrogen (secondary N) is 2. The highest BCUT2D eigenvalue weighted by molar-refractivity contribution is 6.04. The number of hydrogen-bond donors (Lipinski definition) is 2. The van der Waals surface area contributed by atoms with Crippen LogP contribution in [0.5, 0.6) is 0 Å². The number of benzene rings is 3. The molecule has 0 aliphatic heterocycles. The molecule has 1 heterocycles. The molecule has 0 radical (unpaired) electrons. The molecule has 1 amide bonds. The Hall–Kier alpha value is -3.40. The molecule has 0 aliphatic rings. The quantitative estimate of drug-likeness (QED) is 0.545.